The summed E-state index contributed by atoms with van der Waals surface area (Å²) in [4.78, 5) is 13.9. The van der Waals surface area contributed by atoms with Gasteiger partial charge in [-0.2, -0.15) is 0 Å². The lowest BCUT2D eigenvalue weighted by atomic mass is 9.99. The summed E-state index contributed by atoms with van der Waals surface area (Å²) in [6.07, 6.45) is 0. The minimum atomic E-state index is -0.192. The first kappa shape index (κ1) is 11.2. The van der Waals surface area contributed by atoms with E-state index in [9.17, 15) is 4.79 Å². The Bertz CT molecular complexity index is 513. The van der Waals surface area contributed by atoms with E-state index in [0.717, 1.165) is 17.1 Å². The molecule has 3 rings (SSSR count). The zero-order valence-corrected chi connectivity index (χ0v) is 10.7. The third-order valence-electron chi connectivity index (χ3n) is 3.43. The molecule has 1 aromatic rings. The van der Waals surface area contributed by atoms with Crippen molar-refractivity contribution in [1.29, 1.82) is 0 Å². The van der Waals surface area contributed by atoms with Gasteiger partial charge >= 0.3 is 0 Å². The first-order valence-electron chi connectivity index (χ1n) is 6.05. The quantitative estimate of drug-likeness (QED) is 0.823. The second-order valence-electron chi connectivity index (χ2n) is 4.99. The lowest BCUT2D eigenvalue weighted by Crippen LogP contribution is -2.47. The van der Waals surface area contributed by atoms with Gasteiger partial charge in [0.1, 0.15) is 6.04 Å². The maximum Gasteiger partial charge on any atom is 0.249 e. The lowest BCUT2D eigenvalue weighted by molar-refractivity contribution is -0.120. The van der Waals surface area contributed by atoms with Gasteiger partial charge in [0.05, 0.1) is 11.4 Å². The van der Waals surface area contributed by atoms with Crippen LogP contribution in [0.2, 0.25) is 0 Å². The molecule has 0 aliphatic carbocycles. The Morgan fingerprint density at radius 3 is 2.67 bits per heavy atom. The summed E-state index contributed by atoms with van der Waals surface area (Å²) in [7, 11) is 1.79. The maximum atomic E-state index is 12.2. The molecule has 1 aromatic carbocycles. The molecule has 2 aliphatic rings. The van der Waals surface area contributed by atoms with Gasteiger partial charge in [0.2, 0.25) is 12.7 Å². The molecule has 1 unspecified atom stereocenters. The van der Waals surface area contributed by atoms with Crippen molar-refractivity contribution in [1.82, 2.24) is 0 Å². The minimum Gasteiger partial charge on any atom is -0.454 e. The second-order valence-corrected chi connectivity index (χ2v) is 4.99. The van der Waals surface area contributed by atoms with E-state index < -0.39 is 0 Å². The van der Waals surface area contributed by atoms with Crippen LogP contribution in [0.5, 0.6) is 11.5 Å². The Labute approximate surface area is 106 Å². The molecule has 5 heteroatoms. The molecule has 5 nitrogen and oxygen atoms in total. The number of fused-ring (bicyclic) bond motifs is 2. The van der Waals surface area contributed by atoms with Crippen molar-refractivity contribution in [2.75, 3.05) is 24.1 Å². The molecule has 0 spiro atoms. The molecule has 0 saturated carbocycles. The number of carbonyl (C=O) groups is 1. The third-order valence-corrected chi connectivity index (χ3v) is 3.43. The molecule has 2 heterocycles. The molecular weight excluding hydrogens is 232 g/mol. The first-order chi connectivity index (χ1) is 8.58. The number of anilines is 2. The Balaban J connectivity index is 2.06. The van der Waals surface area contributed by atoms with Crippen LogP contribution in [0, 0.1) is 5.92 Å². The topological polar surface area (TPSA) is 50.8 Å². The molecule has 0 aromatic heterocycles. The number of hydrogen-bond donors (Lipinski definition) is 1. The average molecular weight is 248 g/mol. The normalized spacial score (nSPS) is 21.0. The van der Waals surface area contributed by atoms with Crippen LogP contribution in [0.15, 0.2) is 12.1 Å². The van der Waals surface area contributed by atoms with Crippen LogP contribution in [0.3, 0.4) is 0 Å². The van der Waals surface area contributed by atoms with E-state index in [1.54, 1.807) is 11.9 Å². The van der Waals surface area contributed by atoms with Crippen LogP contribution in [0.1, 0.15) is 13.8 Å². The molecule has 0 bridgehead atoms. The molecule has 1 N–H and O–H groups in total. The van der Waals surface area contributed by atoms with Gasteiger partial charge in [0, 0.05) is 19.2 Å². The number of likely N-dealkylation sites (N-methyl/N-ethyl adjacent to an activating group) is 1. The van der Waals surface area contributed by atoms with Crippen LogP contribution in [0.4, 0.5) is 11.4 Å². The fourth-order valence-corrected chi connectivity index (χ4v) is 2.33. The SMILES string of the molecule is CC(C)C1Nc2cc3c(cc2N(C)C1=O)OCO3. The summed E-state index contributed by atoms with van der Waals surface area (Å²) in [6, 6.07) is 3.55. The van der Waals surface area contributed by atoms with E-state index >= 15 is 0 Å². The van der Waals surface area contributed by atoms with Gasteiger partial charge in [-0.25, -0.2) is 0 Å². The number of nitrogens with zero attached hydrogens (tertiary/aromatic N) is 1. The molecule has 1 atom stereocenters. The van der Waals surface area contributed by atoms with E-state index in [0.29, 0.717) is 5.75 Å². The van der Waals surface area contributed by atoms with Crippen LogP contribution in [0.25, 0.3) is 0 Å². The van der Waals surface area contributed by atoms with E-state index in [2.05, 4.69) is 5.32 Å². The highest BCUT2D eigenvalue weighted by atomic mass is 16.7. The van der Waals surface area contributed by atoms with Crippen molar-refractivity contribution in [3.63, 3.8) is 0 Å². The molecule has 1 amide bonds. The number of ether oxygens (including phenoxy) is 2. The summed E-state index contributed by atoms with van der Waals surface area (Å²) < 4.78 is 10.7. The third kappa shape index (κ3) is 1.50. The Kier molecular flexibility index (Phi) is 2.36. The van der Waals surface area contributed by atoms with Gasteiger partial charge in [-0.3, -0.25) is 4.79 Å². The smallest absolute Gasteiger partial charge is 0.249 e. The second kappa shape index (κ2) is 3.80. The molecule has 0 saturated heterocycles. The zero-order chi connectivity index (χ0) is 12.9. The average Bonchev–Trinajstić information content (AvgIpc) is 2.78. The summed E-state index contributed by atoms with van der Waals surface area (Å²) in [6.45, 7) is 4.30. The number of hydrogen-bond acceptors (Lipinski definition) is 4. The van der Waals surface area contributed by atoms with Gasteiger partial charge < -0.3 is 19.7 Å². The van der Waals surface area contributed by atoms with Crippen molar-refractivity contribution in [2.24, 2.45) is 5.92 Å². The summed E-state index contributed by atoms with van der Waals surface area (Å²) in [5.74, 6) is 1.74. The van der Waals surface area contributed by atoms with Crippen molar-refractivity contribution in [2.45, 2.75) is 19.9 Å². The van der Waals surface area contributed by atoms with E-state index in [-0.39, 0.29) is 24.7 Å². The zero-order valence-electron chi connectivity index (χ0n) is 10.7. The van der Waals surface area contributed by atoms with Gasteiger partial charge in [-0.05, 0) is 5.92 Å². The van der Waals surface area contributed by atoms with Gasteiger partial charge in [0.15, 0.2) is 11.5 Å². The highest BCUT2D eigenvalue weighted by Gasteiger charge is 2.33. The van der Waals surface area contributed by atoms with Crippen LogP contribution >= 0.6 is 0 Å². The standard InChI is InChI=1S/C13H16N2O3/c1-7(2)12-13(16)15(3)9-5-11-10(17-6-18-11)4-8(9)14-12/h4-5,7,12,14H,6H2,1-3H3. The van der Waals surface area contributed by atoms with Crippen LogP contribution in [-0.4, -0.2) is 25.8 Å². The van der Waals surface area contributed by atoms with E-state index in [4.69, 9.17) is 9.47 Å². The summed E-state index contributed by atoms with van der Waals surface area (Å²) >= 11 is 0. The Morgan fingerprint density at radius 1 is 1.33 bits per heavy atom. The monoisotopic (exact) mass is 248 g/mol. The first-order valence-corrected chi connectivity index (χ1v) is 6.05. The molecule has 2 aliphatic heterocycles. The highest BCUT2D eigenvalue weighted by Crippen LogP contribution is 2.43. The van der Waals surface area contributed by atoms with Crippen molar-refractivity contribution in [3.05, 3.63) is 12.1 Å². The predicted molar refractivity (Wildman–Crippen MR) is 68.2 cm³/mol. The van der Waals surface area contributed by atoms with E-state index in [1.165, 1.54) is 0 Å². The number of nitrogens with one attached hydrogen (secondary N) is 1. The summed E-state index contributed by atoms with van der Waals surface area (Å²) in [5, 5.41) is 3.28. The molecule has 18 heavy (non-hydrogen) atoms. The molecular formula is C13H16N2O3. The molecule has 96 valence electrons. The van der Waals surface area contributed by atoms with Crippen LogP contribution < -0.4 is 19.7 Å². The van der Waals surface area contributed by atoms with Gasteiger partial charge in [-0.1, -0.05) is 13.8 Å². The van der Waals surface area contributed by atoms with Gasteiger partial charge in [0.25, 0.3) is 0 Å². The van der Waals surface area contributed by atoms with Crippen molar-refractivity contribution in [3.8, 4) is 11.5 Å². The Hall–Kier alpha value is -1.91. The lowest BCUT2D eigenvalue weighted by Gasteiger charge is -2.34. The summed E-state index contributed by atoms with van der Waals surface area (Å²) in [5.41, 5.74) is 1.75. The fourth-order valence-electron chi connectivity index (χ4n) is 2.33. The minimum absolute atomic E-state index is 0.0800. The van der Waals surface area contributed by atoms with Crippen LogP contribution in [-0.2, 0) is 4.79 Å². The largest absolute Gasteiger partial charge is 0.454 e. The molecule has 0 radical (unpaired) electrons. The van der Waals surface area contributed by atoms with Crippen molar-refractivity contribution >= 4 is 17.3 Å². The predicted octanol–water partition coefficient (Wildman–Crippen LogP) is 1.83. The Morgan fingerprint density at radius 2 is 2.00 bits per heavy atom. The maximum absolute atomic E-state index is 12.2. The highest BCUT2D eigenvalue weighted by molar-refractivity contribution is 6.05. The number of amides is 1. The number of carbonyl (C=O) groups excluding carboxylic acids is 1. The van der Waals surface area contributed by atoms with Gasteiger partial charge in [-0.15, -0.1) is 0 Å². The number of rotatable bonds is 1. The van der Waals surface area contributed by atoms with E-state index in [1.807, 2.05) is 26.0 Å². The molecule has 0 fully saturated rings. The number of benzene rings is 1. The fraction of sp³-hybridized carbons (Fsp3) is 0.462. The van der Waals surface area contributed by atoms with Crippen molar-refractivity contribution < 1.29 is 14.3 Å².